The minimum Gasteiger partial charge on any atom is -0.394 e. The van der Waals surface area contributed by atoms with Crippen LogP contribution in [0.15, 0.2) is 0 Å². The van der Waals surface area contributed by atoms with Crippen LogP contribution in [0.1, 0.15) is 47.0 Å². The summed E-state index contributed by atoms with van der Waals surface area (Å²) in [6.45, 7) is 8.15. The molecule has 1 saturated carbocycles. The lowest BCUT2D eigenvalue weighted by Gasteiger charge is -2.47. The van der Waals surface area contributed by atoms with Crippen LogP contribution in [0.2, 0.25) is 0 Å². The van der Waals surface area contributed by atoms with E-state index in [1.807, 2.05) is 0 Å². The molecule has 0 bridgehead atoms. The molecule has 2 atom stereocenters. The van der Waals surface area contributed by atoms with Crippen molar-refractivity contribution in [3.05, 3.63) is 0 Å². The SMILES string of the molecule is CC(=O)N[C@]1(CO)C[C@@H](C)CC(C)(C)C1. The first-order chi connectivity index (χ1) is 6.79. The maximum absolute atomic E-state index is 11.2. The summed E-state index contributed by atoms with van der Waals surface area (Å²) in [5.74, 6) is 0.502. The van der Waals surface area contributed by atoms with E-state index in [1.165, 1.54) is 6.92 Å². The van der Waals surface area contributed by atoms with Gasteiger partial charge in [-0.15, -0.1) is 0 Å². The van der Waals surface area contributed by atoms with Crippen molar-refractivity contribution in [3.63, 3.8) is 0 Å². The average molecular weight is 213 g/mol. The molecule has 0 aliphatic heterocycles. The fourth-order valence-electron chi connectivity index (χ4n) is 3.37. The molecule has 88 valence electrons. The number of carbonyl (C=O) groups excluding carboxylic acids is 1. The molecule has 1 rings (SSSR count). The molecule has 1 fully saturated rings. The highest BCUT2D eigenvalue weighted by atomic mass is 16.3. The van der Waals surface area contributed by atoms with Crippen molar-refractivity contribution in [2.45, 2.75) is 52.5 Å². The molecule has 1 aliphatic rings. The highest BCUT2D eigenvalue weighted by Crippen LogP contribution is 2.43. The molecule has 3 heteroatoms. The van der Waals surface area contributed by atoms with Gasteiger partial charge in [0.05, 0.1) is 12.1 Å². The Morgan fingerprint density at radius 3 is 2.47 bits per heavy atom. The standard InChI is InChI=1S/C12H23NO2/c1-9-5-11(3,4)7-12(6-9,8-14)13-10(2)15/h9,14H,5-8H2,1-4H3,(H,13,15)/t9-,12+/m0/s1. The topological polar surface area (TPSA) is 49.3 Å². The number of rotatable bonds is 2. The van der Waals surface area contributed by atoms with E-state index in [1.54, 1.807) is 0 Å². The zero-order chi connectivity index (χ0) is 11.7. The Labute approximate surface area is 92.3 Å². The van der Waals surface area contributed by atoms with Crippen LogP contribution < -0.4 is 5.32 Å². The van der Waals surface area contributed by atoms with Gasteiger partial charge in [0.2, 0.25) is 5.91 Å². The van der Waals surface area contributed by atoms with E-state index < -0.39 is 5.54 Å². The summed E-state index contributed by atoms with van der Waals surface area (Å²) in [5, 5.41) is 12.5. The summed E-state index contributed by atoms with van der Waals surface area (Å²) in [4.78, 5) is 11.2. The number of carbonyl (C=O) groups is 1. The summed E-state index contributed by atoms with van der Waals surface area (Å²) in [7, 11) is 0. The van der Waals surface area contributed by atoms with Crippen LogP contribution in [0.3, 0.4) is 0 Å². The minimum absolute atomic E-state index is 0.0420. The minimum atomic E-state index is -0.396. The molecule has 1 amide bonds. The Bertz CT molecular complexity index is 250. The van der Waals surface area contributed by atoms with E-state index in [4.69, 9.17) is 0 Å². The van der Waals surface area contributed by atoms with Gasteiger partial charge >= 0.3 is 0 Å². The lowest BCUT2D eigenvalue weighted by atomic mass is 9.64. The molecule has 0 unspecified atom stereocenters. The number of nitrogens with one attached hydrogen (secondary N) is 1. The first-order valence-corrected chi connectivity index (χ1v) is 5.68. The molecular weight excluding hydrogens is 190 g/mol. The van der Waals surface area contributed by atoms with Crippen molar-refractivity contribution in [1.29, 1.82) is 0 Å². The van der Waals surface area contributed by atoms with E-state index in [2.05, 4.69) is 26.1 Å². The van der Waals surface area contributed by atoms with Crippen LogP contribution in [0.4, 0.5) is 0 Å². The predicted octanol–water partition coefficient (Wildman–Crippen LogP) is 1.70. The average Bonchev–Trinajstić information content (AvgIpc) is 1.98. The third kappa shape index (κ3) is 3.20. The van der Waals surface area contributed by atoms with Gasteiger partial charge in [-0.05, 0) is 30.6 Å². The lowest BCUT2D eigenvalue weighted by molar-refractivity contribution is -0.123. The number of amides is 1. The molecule has 0 saturated heterocycles. The second-order valence-electron chi connectivity index (χ2n) is 5.97. The van der Waals surface area contributed by atoms with Gasteiger partial charge in [-0.2, -0.15) is 0 Å². The van der Waals surface area contributed by atoms with E-state index in [-0.39, 0.29) is 17.9 Å². The first-order valence-electron chi connectivity index (χ1n) is 5.68. The normalized spacial score (nSPS) is 34.9. The van der Waals surface area contributed by atoms with Crippen molar-refractivity contribution < 1.29 is 9.90 Å². The molecule has 0 aromatic heterocycles. The Kier molecular flexibility index (Phi) is 3.44. The van der Waals surface area contributed by atoms with Crippen molar-refractivity contribution in [3.8, 4) is 0 Å². The Balaban J connectivity index is 2.83. The van der Waals surface area contributed by atoms with Crippen LogP contribution in [0.25, 0.3) is 0 Å². The van der Waals surface area contributed by atoms with E-state index in [0.717, 1.165) is 19.3 Å². The first kappa shape index (κ1) is 12.5. The van der Waals surface area contributed by atoms with Gasteiger partial charge in [0, 0.05) is 6.92 Å². The van der Waals surface area contributed by atoms with E-state index in [9.17, 15) is 9.90 Å². The summed E-state index contributed by atoms with van der Waals surface area (Å²) in [6.07, 6.45) is 2.90. The van der Waals surface area contributed by atoms with E-state index >= 15 is 0 Å². The van der Waals surface area contributed by atoms with Gasteiger partial charge in [-0.1, -0.05) is 20.8 Å². The van der Waals surface area contributed by atoms with Crippen LogP contribution in [-0.2, 0) is 4.79 Å². The fraction of sp³-hybridized carbons (Fsp3) is 0.917. The third-order valence-corrected chi connectivity index (χ3v) is 3.20. The second kappa shape index (κ2) is 4.12. The number of aliphatic hydroxyl groups is 1. The summed E-state index contributed by atoms with van der Waals surface area (Å²) >= 11 is 0. The van der Waals surface area contributed by atoms with E-state index in [0.29, 0.717) is 5.92 Å². The molecule has 0 radical (unpaired) electrons. The Morgan fingerprint density at radius 2 is 2.07 bits per heavy atom. The number of hydrogen-bond acceptors (Lipinski definition) is 2. The fourth-order valence-corrected chi connectivity index (χ4v) is 3.37. The molecule has 0 aromatic carbocycles. The van der Waals surface area contributed by atoms with Crippen LogP contribution in [-0.4, -0.2) is 23.2 Å². The third-order valence-electron chi connectivity index (χ3n) is 3.20. The van der Waals surface area contributed by atoms with Crippen LogP contribution >= 0.6 is 0 Å². The van der Waals surface area contributed by atoms with Crippen LogP contribution in [0, 0.1) is 11.3 Å². The number of aliphatic hydroxyl groups excluding tert-OH is 1. The predicted molar refractivity (Wildman–Crippen MR) is 60.4 cm³/mol. The maximum atomic E-state index is 11.2. The molecule has 1 aliphatic carbocycles. The second-order valence-corrected chi connectivity index (χ2v) is 5.97. The Hall–Kier alpha value is -0.570. The smallest absolute Gasteiger partial charge is 0.217 e. The highest BCUT2D eigenvalue weighted by molar-refractivity contribution is 5.73. The monoisotopic (exact) mass is 213 g/mol. The summed E-state index contributed by atoms with van der Waals surface area (Å²) in [6, 6.07) is 0. The molecule has 3 nitrogen and oxygen atoms in total. The van der Waals surface area contributed by atoms with Crippen molar-refractivity contribution in [1.82, 2.24) is 5.32 Å². The molecule has 0 spiro atoms. The molecule has 15 heavy (non-hydrogen) atoms. The van der Waals surface area contributed by atoms with Gasteiger partial charge in [0.25, 0.3) is 0 Å². The van der Waals surface area contributed by atoms with Crippen molar-refractivity contribution in [2.24, 2.45) is 11.3 Å². The van der Waals surface area contributed by atoms with Gasteiger partial charge in [0.1, 0.15) is 0 Å². The quantitative estimate of drug-likeness (QED) is 0.733. The molecule has 2 N–H and O–H groups in total. The lowest BCUT2D eigenvalue weighted by Crippen LogP contribution is -2.56. The largest absolute Gasteiger partial charge is 0.394 e. The maximum Gasteiger partial charge on any atom is 0.217 e. The van der Waals surface area contributed by atoms with Crippen molar-refractivity contribution >= 4 is 5.91 Å². The molecular formula is C12H23NO2. The van der Waals surface area contributed by atoms with Gasteiger partial charge in [-0.3, -0.25) is 4.79 Å². The zero-order valence-corrected chi connectivity index (χ0v) is 10.3. The van der Waals surface area contributed by atoms with Crippen molar-refractivity contribution in [2.75, 3.05) is 6.61 Å². The van der Waals surface area contributed by atoms with Crippen LogP contribution in [0.5, 0.6) is 0 Å². The molecule has 0 aromatic rings. The Morgan fingerprint density at radius 1 is 1.47 bits per heavy atom. The van der Waals surface area contributed by atoms with Gasteiger partial charge in [-0.25, -0.2) is 0 Å². The summed E-state index contributed by atoms with van der Waals surface area (Å²) in [5.41, 5.74) is -0.199. The summed E-state index contributed by atoms with van der Waals surface area (Å²) < 4.78 is 0. The zero-order valence-electron chi connectivity index (χ0n) is 10.3. The molecule has 0 heterocycles. The van der Waals surface area contributed by atoms with Gasteiger partial charge in [0.15, 0.2) is 0 Å². The number of hydrogen-bond donors (Lipinski definition) is 2. The highest BCUT2D eigenvalue weighted by Gasteiger charge is 2.42. The van der Waals surface area contributed by atoms with Gasteiger partial charge < -0.3 is 10.4 Å².